The third-order valence-electron chi connectivity index (χ3n) is 2.04. The van der Waals surface area contributed by atoms with Crippen LogP contribution < -0.4 is 0 Å². The van der Waals surface area contributed by atoms with E-state index in [-0.39, 0.29) is 0 Å². The molecule has 0 radical (unpaired) electrons. The molecule has 0 spiro atoms. The minimum absolute atomic E-state index is 0.522. The van der Waals surface area contributed by atoms with Crippen LogP contribution in [0.15, 0.2) is 30.5 Å². The maximum Gasteiger partial charge on any atom is 0.0664 e. The molecule has 0 atom stereocenters. The minimum atomic E-state index is 0.522. The van der Waals surface area contributed by atoms with Gasteiger partial charge >= 0.3 is 0 Å². The fraction of sp³-hybridized carbons (Fsp3) is 0.500. The van der Waals surface area contributed by atoms with Crippen LogP contribution in [-0.4, -0.2) is 9.61 Å². The Morgan fingerprint density at radius 2 is 1.62 bits per heavy atom. The fourth-order valence-electron chi connectivity index (χ4n) is 1.41. The summed E-state index contributed by atoms with van der Waals surface area (Å²) in [6, 6.07) is 8.28. The Labute approximate surface area is 99.3 Å². The molecule has 2 rings (SSSR count). The van der Waals surface area contributed by atoms with Crippen LogP contribution >= 0.6 is 0 Å². The summed E-state index contributed by atoms with van der Waals surface area (Å²) >= 11 is 0. The molecule has 90 valence electrons. The lowest BCUT2D eigenvalue weighted by Crippen LogP contribution is -1.99. The highest BCUT2D eigenvalue weighted by atomic mass is 15.2. The number of aromatic nitrogens is 2. The van der Waals surface area contributed by atoms with Gasteiger partial charge in [-0.3, -0.25) is 0 Å². The number of nitrogens with zero attached hydrogens (tertiary/aromatic N) is 2. The van der Waals surface area contributed by atoms with Crippen molar-refractivity contribution in [2.45, 2.75) is 47.5 Å². The lowest BCUT2D eigenvalue weighted by Gasteiger charge is -2.06. The molecule has 0 aliphatic carbocycles. The van der Waals surface area contributed by atoms with Crippen LogP contribution in [0.3, 0.4) is 0 Å². The van der Waals surface area contributed by atoms with Gasteiger partial charge in [-0.1, -0.05) is 47.6 Å². The summed E-state index contributed by atoms with van der Waals surface area (Å²) in [5, 5.41) is 4.26. The predicted octanol–water partition coefficient (Wildman–Crippen LogP) is 4.51. The highest BCUT2D eigenvalue weighted by Crippen LogP contribution is 2.15. The molecule has 0 fully saturated rings. The molecular formula is C14H24N2. The van der Waals surface area contributed by atoms with E-state index in [1.54, 1.807) is 0 Å². The van der Waals surface area contributed by atoms with Crippen molar-refractivity contribution < 1.29 is 0 Å². The maximum atomic E-state index is 4.26. The van der Waals surface area contributed by atoms with E-state index in [1.165, 1.54) is 11.2 Å². The number of fused-ring (bicyclic) bond motifs is 1. The quantitative estimate of drug-likeness (QED) is 0.691. The van der Waals surface area contributed by atoms with E-state index in [2.05, 4.69) is 37.1 Å². The zero-order chi connectivity index (χ0) is 12.6. The standard InChI is InChI=1S/C10H12N2.2C2H6/c1-8(2)10-5-3-4-9-6-7-11-12(9)10;2*1-2/h3-8H,1-2H3;2*1-2H3. The summed E-state index contributed by atoms with van der Waals surface area (Å²) in [6.07, 6.45) is 1.83. The van der Waals surface area contributed by atoms with Crippen molar-refractivity contribution in [2.75, 3.05) is 0 Å². The second kappa shape index (κ2) is 7.91. The van der Waals surface area contributed by atoms with Crippen molar-refractivity contribution in [1.29, 1.82) is 0 Å². The van der Waals surface area contributed by atoms with Crippen molar-refractivity contribution >= 4 is 5.52 Å². The molecule has 0 aromatic carbocycles. The highest BCUT2D eigenvalue weighted by molar-refractivity contribution is 5.46. The summed E-state index contributed by atoms with van der Waals surface area (Å²) in [4.78, 5) is 0. The molecule has 2 heterocycles. The normalized spacial score (nSPS) is 9.19. The molecule has 0 saturated heterocycles. The van der Waals surface area contributed by atoms with Gasteiger partial charge in [0.1, 0.15) is 0 Å². The fourth-order valence-corrected chi connectivity index (χ4v) is 1.41. The first-order valence-corrected chi connectivity index (χ1v) is 6.21. The first-order valence-electron chi connectivity index (χ1n) is 6.21. The smallest absolute Gasteiger partial charge is 0.0664 e. The molecule has 0 unspecified atom stereocenters. The third-order valence-corrected chi connectivity index (χ3v) is 2.04. The number of rotatable bonds is 1. The molecule has 0 amide bonds. The molecule has 16 heavy (non-hydrogen) atoms. The molecule has 0 N–H and O–H groups in total. The van der Waals surface area contributed by atoms with E-state index in [1.807, 2.05) is 44.5 Å². The zero-order valence-corrected chi connectivity index (χ0v) is 11.4. The highest BCUT2D eigenvalue weighted by Gasteiger charge is 2.03. The molecule has 2 heteroatoms. The van der Waals surface area contributed by atoms with Crippen LogP contribution in [0.4, 0.5) is 0 Å². The molecule has 2 aromatic rings. The van der Waals surface area contributed by atoms with E-state index < -0.39 is 0 Å². The van der Waals surface area contributed by atoms with Crippen LogP contribution in [0.25, 0.3) is 5.52 Å². The van der Waals surface area contributed by atoms with Crippen LogP contribution in [0, 0.1) is 0 Å². The predicted molar refractivity (Wildman–Crippen MR) is 72.0 cm³/mol. The van der Waals surface area contributed by atoms with Gasteiger partial charge in [-0.2, -0.15) is 5.10 Å². The number of hydrogen-bond acceptors (Lipinski definition) is 1. The Hall–Kier alpha value is -1.31. The van der Waals surface area contributed by atoms with Gasteiger partial charge < -0.3 is 0 Å². The average Bonchev–Trinajstić information content (AvgIpc) is 2.81. The summed E-state index contributed by atoms with van der Waals surface area (Å²) < 4.78 is 1.99. The van der Waals surface area contributed by atoms with E-state index in [4.69, 9.17) is 0 Å². The zero-order valence-electron chi connectivity index (χ0n) is 11.4. The molecule has 2 aromatic heterocycles. The van der Waals surface area contributed by atoms with E-state index in [0.717, 1.165) is 0 Å². The van der Waals surface area contributed by atoms with Crippen molar-refractivity contribution in [1.82, 2.24) is 9.61 Å². The van der Waals surface area contributed by atoms with Gasteiger partial charge in [-0.25, -0.2) is 4.52 Å². The van der Waals surface area contributed by atoms with Crippen molar-refractivity contribution in [2.24, 2.45) is 0 Å². The first-order chi connectivity index (χ1) is 7.79. The van der Waals surface area contributed by atoms with Crippen LogP contribution in [0.5, 0.6) is 0 Å². The summed E-state index contributed by atoms with van der Waals surface area (Å²) in [7, 11) is 0. The number of hydrogen-bond donors (Lipinski definition) is 0. The average molecular weight is 220 g/mol. The Morgan fingerprint density at radius 1 is 1.00 bits per heavy atom. The largest absolute Gasteiger partial charge is 0.238 e. The topological polar surface area (TPSA) is 17.3 Å². The summed E-state index contributed by atoms with van der Waals surface area (Å²) in [5.41, 5.74) is 2.43. The van der Waals surface area contributed by atoms with Crippen LogP contribution in [-0.2, 0) is 0 Å². The van der Waals surface area contributed by atoms with Crippen LogP contribution in [0.2, 0.25) is 0 Å². The third kappa shape index (κ3) is 3.37. The molecule has 2 nitrogen and oxygen atoms in total. The van der Waals surface area contributed by atoms with Gasteiger partial charge in [0.2, 0.25) is 0 Å². The van der Waals surface area contributed by atoms with E-state index in [9.17, 15) is 0 Å². The van der Waals surface area contributed by atoms with E-state index >= 15 is 0 Å². The van der Waals surface area contributed by atoms with Gasteiger partial charge in [0, 0.05) is 11.9 Å². The molecule has 0 saturated carbocycles. The summed E-state index contributed by atoms with van der Waals surface area (Å²) in [6.45, 7) is 12.4. The van der Waals surface area contributed by atoms with Gasteiger partial charge in [0.05, 0.1) is 5.52 Å². The SMILES string of the molecule is CC.CC.CC(C)c1cccc2ccnn12. The Kier molecular flexibility index (Phi) is 7.27. The maximum absolute atomic E-state index is 4.26. The van der Waals surface area contributed by atoms with Crippen molar-refractivity contribution in [3.63, 3.8) is 0 Å². The Balaban J connectivity index is 0.000000509. The van der Waals surface area contributed by atoms with Gasteiger partial charge in [0.15, 0.2) is 0 Å². The summed E-state index contributed by atoms with van der Waals surface area (Å²) in [5.74, 6) is 0.522. The van der Waals surface area contributed by atoms with E-state index in [0.29, 0.717) is 5.92 Å². The second-order valence-corrected chi connectivity index (χ2v) is 3.27. The van der Waals surface area contributed by atoms with Gasteiger partial charge in [-0.05, 0) is 24.1 Å². The monoisotopic (exact) mass is 220 g/mol. The Bertz CT molecular complexity index is 388. The van der Waals surface area contributed by atoms with Crippen LogP contribution in [0.1, 0.15) is 53.2 Å². The number of pyridine rings is 1. The molecule has 0 bridgehead atoms. The molecule has 0 aliphatic rings. The minimum Gasteiger partial charge on any atom is -0.238 e. The van der Waals surface area contributed by atoms with Crippen molar-refractivity contribution in [3.05, 3.63) is 36.2 Å². The first kappa shape index (κ1) is 14.7. The second-order valence-electron chi connectivity index (χ2n) is 3.27. The van der Waals surface area contributed by atoms with Gasteiger partial charge in [-0.15, -0.1) is 0 Å². The lowest BCUT2D eigenvalue weighted by molar-refractivity contribution is 0.757. The molecular weight excluding hydrogens is 196 g/mol. The Morgan fingerprint density at radius 3 is 2.19 bits per heavy atom. The van der Waals surface area contributed by atoms with Gasteiger partial charge in [0.25, 0.3) is 0 Å². The van der Waals surface area contributed by atoms with Crippen molar-refractivity contribution in [3.8, 4) is 0 Å². The molecule has 0 aliphatic heterocycles. The lowest BCUT2D eigenvalue weighted by atomic mass is 10.1.